The first-order chi connectivity index (χ1) is 7.65. The minimum Gasteiger partial charge on any atom is -0.304 e. The highest BCUT2D eigenvalue weighted by molar-refractivity contribution is 9.10. The first kappa shape index (κ1) is 12.1. The van der Waals surface area contributed by atoms with E-state index in [-0.39, 0.29) is 0 Å². The molecule has 0 unspecified atom stereocenters. The second-order valence-electron chi connectivity index (χ2n) is 4.66. The summed E-state index contributed by atoms with van der Waals surface area (Å²) in [6.07, 6.45) is 0. The van der Waals surface area contributed by atoms with Crippen molar-refractivity contribution < 1.29 is 0 Å². The second-order valence-corrected chi connectivity index (χ2v) is 5.52. The molecule has 1 aromatic rings. The number of hydrogen-bond acceptors (Lipinski definition) is 2. The van der Waals surface area contributed by atoms with Crippen LogP contribution in [0.25, 0.3) is 0 Å². The van der Waals surface area contributed by atoms with E-state index in [1.165, 1.54) is 41.8 Å². The average Bonchev–Trinajstić information content (AvgIpc) is 2.27. The Morgan fingerprint density at radius 1 is 1.19 bits per heavy atom. The quantitative estimate of drug-likeness (QED) is 0.823. The molecule has 0 aliphatic carbocycles. The molecule has 0 bridgehead atoms. The third-order valence-corrected chi connectivity index (χ3v) is 4.09. The number of halogens is 1. The zero-order valence-electron chi connectivity index (χ0n) is 10.0. The Bertz CT molecular complexity index is 357. The van der Waals surface area contributed by atoms with Gasteiger partial charge in [-0.05, 0) is 31.2 Å². The van der Waals surface area contributed by atoms with Crippen molar-refractivity contribution in [1.29, 1.82) is 0 Å². The van der Waals surface area contributed by atoms with Gasteiger partial charge in [0.15, 0.2) is 0 Å². The normalized spacial score (nSPS) is 18.9. The number of rotatable bonds is 2. The maximum Gasteiger partial charge on any atom is 0.0235 e. The van der Waals surface area contributed by atoms with Crippen LogP contribution in [0.4, 0.5) is 0 Å². The van der Waals surface area contributed by atoms with E-state index in [1.54, 1.807) is 0 Å². The fourth-order valence-electron chi connectivity index (χ4n) is 2.00. The maximum atomic E-state index is 3.59. The van der Waals surface area contributed by atoms with Gasteiger partial charge in [0.1, 0.15) is 0 Å². The van der Waals surface area contributed by atoms with Crippen molar-refractivity contribution in [2.24, 2.45) is 0 Å². The predicted molar refractivity (Wildman–Crippen MR) is 71.7 cm³/mol. The fourth-order valence-corrected chi connectivity index (χ4v) is 2.43. The summed E-state index contributed by atoms with van der Waals surface area (Å²) in [6, 6.07) is 6.67. The summed E-state index contributed by atoms with van der Waals surface area (Å²) in [6.45, 7) is 7.94. The fraction of sp³-hybridized carbons (Fsp3) is 0.538. The molecule has 1 fully saturated rings. The van der Waals surface area contributed by atoms with E-state index in [0.29, 0.717) is 0 Å². The van der Waals surface area contributed by atoms with Crippen LogP contribution in [-0.2, 0) is 6.54 Å². The highest BCUT2D eigenvalue weighted by atomic mass is 79.9. The van der Waals surface area contributed by atoms with E-state index in [4.69, 9.17) is 0 Å². The van der Waals surface area contributed by atoms with Crippen molar-refractivity contribution >= 4 is 15.9 Å². The molecule has 0 amide bonds. The lowest BCUT2D eigenvalue weighted by atomic mass is 10.1. The molecule has 0 spiro atoms. The van der Waals surface area contributed by atoms with Crippen LogP contribution in [0.2, 0.25) is 0 Å². The first-order valence-electron chi connectivity index (χ1n) is 5.81. The Labute approximate surface area is 106 Å². The van der Waals surface area contributed by atoms with Crippen LogP contribution in [0.3, 0.4) is 0 Å². The third kappa shape index (κ3) is 3.06. The summed E-state index contributed by atoms with van der Waals surface area (Å²) in [4.78, 5) is 4.92. The summed E-state index contributed by atoms with van der Waals surface area (Å²) in [5.74, 6) is 0. The number of nitrogens with zero attached hydrogens (tertiary/aromatic N) is 2. The standard InChI is InChI=1S/C13H19BrN2/c1-11-3-4-12(9-13(11)14)10-16-7-5-15(2)6-8-16/h3-4,9H,5-8,10H2,1-2H3. The van der Waals surface area contributed by atoms with E-state index in [1.807, 2.05) is 0 Å². The number of aryl methyl sites for hydroxylation is 1. The van der Waals surface area contributed by atoms with Crippen molar-refractivity contribution in [3.63, 3.8) is 0 Å². The van der Waals surface area contributed by atoms with Gasteiger partial charge in [-0.2, -0.15) is 0 Å². The predicted octanol–water partition coefficient (Wildman–Crippen LogP) is 2.50. The topological polar surface area (TPSA) is 6.48 Å². The molecule has 0 atom stereocenters. The van der Waals surface area contributed by atoms with Gasteiger partial charge < -0.3 is 4.90 Å². The molecule has 0 radical (unpaired) electrons. The van der Waals surface area contributed by atoms with Crippen molar-refractivity contribution in [2.75, 3.05) is 33.2 Å². The third-order valence-electron chi connectivity index (χ3n) is 3.24. The van der Waals surface area contributed by atoms with Gasteiger partial charge >= 0.3 is 0 Å². The molecule has 0 aromatic heterocycles. The maximum absolute atomic E-state index is 3.59. The highest BCUT2D eigenvalue weighted by Crippen LogP contribution is 2.18. The Balaban J connectivity index is 1.96. The molecule has 1 aromatic carbocycles. The molecule has 3 heteroatoms. The Kier molecular flexibility index (Phi) is 4.00. The summed E-state index contributed by atoms with van der Waals surface area (Å²) in [5, 5.41) is 0. The van der Waals surface area contributed by atoms with Crippen LogP contribution < -0.4 is 0 Å². The number of piperazine rings is 1. The van der Waals surface area contributed by atoms with Gasteiger partial charge in [-0.3, -0.25) is 4.90 Å². The van der Waals surface area contributed by atoms with Crippen LogP contribution in [-0.4, -0.2) is 43.0 Å². The molecule has 1 heterocycles. The Morgan fingerprint density at radius 2 is 1.88 bits per heavy atom. The van der Waals surface area contributed by atoms with Gasteiger partial charge in [-0.25, -0.2) is 0 Å². The van der Waals surface area contributed by atoms with Crippen molar-refractivity contribution in [3.8, 4) is 0 Å². The van der Waals surface area contributed by atoms with Crippen molar-refractivity contribution in [1.82, 2.24) is 9.80 Å². The molecule has 1 saturated heterocycles. The average molecular weight is 283 g/mol. The molecule has 88 valence electrons. The molecular formula is C13H19BrN2. The molecule has 1 aliphatic rings. The van der Waals surface area contributed by atoms with Crippen molar-refractivity contribution in [2.45, 2.75) is 13.5 Å². The van der Waals surface area contributed by atoms with E-state index in [2.05, 4.69) is 57.9 Å². The molecule has 1 aliphatic heterocycles. The van der Waals surface area contributed by atoms with E-state index in [0.717, 1.165) is 6.54 Å². The van der Waals surface area contributed by atoms with Gasteiger partial charge in [-0.15, -0.1) is 0 Å². The van der Waals surface area contributed by atoms with Crippen LogP contribution >= 0.6 is 15.9 Å². The molecule has 0 N–H and O–H groups in total. The zero-order valence-corrected chi connectivity index (χ0v) is 11.6. The summed E-state index contributed by atoms with van der Waals surface area (Å²) < 4.78 is 1.22. The Morgan fingerprint density at radius 3 is 2.50 bits per heavy atom. The smallest absolute Gasteiger partial charge is 0.0235 e. The number of likely N-dealkylation sites (N-methyl/N-ethyl adjacent to an activating group) is 1. The SMILES string of the molecule is Cc1ccc(CN2CCN(C)CC2)cc1Br. The zero-order chi connectivity index (χ0) is 11.5. The summed E-state index contributed by atoms with van der Waals surface area (Å²) >= 11 is 3.59. The minimum atomic E-state index is 1.08. The van der Waals surface area contributed by atoms with Gasteiger partial charge in [0.05, 0.1) is 0 Å². The lowest BCUT2D eigenvalue weighted by Crippen LogP contribution is -2.43. The van der Waals surface area contributed by atoms with Crippen LogP contribution in [0.5, 0.6) is 0 Å². The molecule has 2 rings (SSSR count). The number of hydrogen-bond donors (Lipinski definition) is 0. The van der Waals surface area contributed by atoms with E-state index in [9.17, 15) is 0 Å². The van der Waals surface area contributed by atoms with Gasteiger partial charge in [-0.1, -0.05) is 28.1 Å². The minimum absolute atomic E-state index is 1.08. The largest absolute Gasteiger partial charge is 0.304 e. The summed E-state index contributed by atoms with van der Waals surface area (Å²) in [5.41, 5.74) is 2.71. The molecule has 0 saturated carbocycles. The Hall–Kier alpha value is -0.380. The van der Waals surface area contributed by atoms with Crippen LogP contribution in [0.1, 0.15) is 11.1 Å². The highest BCUT2D eigenvalue weighted by Gasteiger charge is 2.13. The van der Waals surface area contributed by atoms with Crippen molar-refractivity contribution in [3.05, 3.63) is 33.8 Å². The summed E-state index contributed by atoms with van der Waals surface area (Å²) in [7, 11) is 2.19. The van der Waals surface area contributed by atoms with Crippen LogP contribution in [0.15, 0.2) is 22.7 Å². The van der Waals surface area contributed by atoms with E-state index >= 15 is 0 Å². The molecular weight excluding hydrogens is 264 g/mol. The lowest BCUT2D eigenvalue weighted by molar-refractivity contribution is 0.148. The van der Waals surface area contributed by atoms with E-state index < -0.39 is 0 Å². The first-order valence-corrected chi connectivity index (χ1v) is 6.60. The van der Waals surface area contributed by atoms with Gasteiger partial charge in [0, 0.05) is 37.2 Å². The van der Waals surface area contributed by atoms with Gasteiger partial charge in [0.2, 0.25) is 0 Å². The van der Waals surface area contributed by atoms with Crippen LogP contribution in [0, 0.1) is 6.92 Å². The monoisotopic (exact) mass is 282 g/mol. The number of benzene rings is 1. The van der Waals surface area contributed by atoms with Gasteiger partial charge in [0.25, 0.3) is 0 Å². The molecule has 16 heavy (non-hydrogen) atoms. The molecule has 2 nitrogen and oxygen atoms in total. The lowest BCUT2D eigenvalue weighted by Gasteiger charge is -2.32. The second kappa shape index (κ2) is 5.30.